The Bertz CT molecular complexity index is 667. The lowest BCUT2D eigenvalue weighted by atomic mass is 9.95. The first-order valence-corrected chi connectivity index (χ1v) is 10.2. The third-order valence-corrected chi connectivity index (χ3v) is 5.50. The minimum absolute atomic E-state index is 0.621. The molecule has 0 spiro atoms. The van der Waals surface area contributed by atoms with E-state index in [9.17, 15) is 40.2 Å². The van der Waals surface area contributed by atoms with Crippen LogP contribution < -0.4 is 11.1 Å². The van der Waals surface area contributed by atoms with E-state index < -0.39 is 98.6 Å². The van der Waals surface area contributed by atoms with Crippen molar-refractivity contribution in [2.45, 2.75) is 87.3 Å². The summed E-state index contributed by atoms with van der Waals surface area (Å²) in [5.74, 6) is -1.99. The molecule has 33 heavy (non-hydrogen) atoms. The number of nitrogens with two attached hydrogens (primary N) is 1. The van der Waals surface area contributed by atoms with E-state index in [0.29, 0.717) is 0 Å². The number of hydrogen-bond acceptors (Lipinski definition) is 13. The first-order valence-electron chi connectivity index (χ1n) is 10.2. The number of aliphatic carboxylic acids is 1. The van der Waals surface area contributed by atoms with E-state index in [2.05, 4.69) is 5.32 Å². The maximum absolute atomic E-state index is 11.8. The van der Waals surface area contributed by atoms with Gasteiger partial charge in [-0.05, 0) is 6.92 Å². The molecule has 15 heteroatoms. The molecule has 10 N–H and O–H groups in total. The van der Waals surface area contributed by atoms with Gasteiger partial charge in [0.1, 0.15) is 54.8 Å². The third-order valence-electron chi connectivity index (χ3n) is 5.50. The minimum atomic E-state index is -1.82. The summed E-state index contributed by atoms with van der Waals surface area (Å²) >= 11 is 0. The Hall–Kier alpha value is -1.50. The van der Waals surface area contributed by atoms with Crippen molar-refractivity contribution in [3.05, 3.63) is 0 Å². The molecule has 1 amide bonds. The predicted octanol–water partition coefficient (Wildman–Crippen LogP) is -5.43. The van der Waals surface area contributed by atoms with Gasteiger partial charge in [0.15, 0.2) is 12.6 Å². The molecule has 2 rings (SSSR count). The number of carboxylic acids is 1. The van der Waals surface area contributed by atoms with Crippen molar-refractivity contribution in [1.82, 2.24) is 5.32 Å². The quantitative estimate of drug-likeness (QED) is 0.148. The average molecular weight is 484 g/mol. The number of carbonyl (C=O) groups excluding carboxylic acids is 1. The van der Waals surface area contributed by atoms with Gasteiger partial charge >= 0.3 is 5.97 Å². The Morgan fingerprint density at radius 1 is 0.970 bits per heavy atom. The van der Waals surface area contributed by atoms with Crippen molar-refractivity contribution < 1.29 is 64.3 Å². The van der Waals surface area contributed by atoms with Crippen molar-refractivity contribution in [3.63, 3.8) is 0 Å². The van der Waals surface area contributed by atoms with E-state index in [1.54, 1.807) is 0 Å². The summed E-state index contributed by atoms with van der Waals surface area (Å²) < 4.78 is 22.0. The van der Waals surface area contributed by atoms with Crippen LogP contribution in [0.2, 0.25) is 0 Å². The molecular formula is C18H32N2O13. The molecule has 2 heterocycles. The summed E-state index contributed by atoms with van der Waals surface area (Å²) in [6.45, 7) is 1.01. The summed E-state index contributed by atoms with van der Waals surface area (Å²) in [6.07, 6.45) is -15.3. The highest BCUT2D eigenvalue weighted by Crippen LogP contribution is 2.30. The van der Waals surface area contributed by atoms with Gasteiger partial charge < -0.3 is 65.7 Å². The molecule has 15 nitrogen and oxygen atoms in total. The fourth-order valence-corrected chi connectivity index (χ4v) is 3.57. The fourth-order valence-electron chi connectivity index (χ4n) is 3.57. The summed E-state index contributed by atoms with van der Waals surface area (Å²) in [5.41, 5.74) is 5.55. The van der Waals surface area contributed by atoms with Crippen LogP contribution in [0.25, 0.3) is 0 Å². The van der Waals surface area contributed by atoms with Crippen LogP contribution in [0.15, 0.2) is 0 Å². The molecule has 0 aromatic heterocycles. The molecule has 0 saturated carbocycles. The lowest BCUT2D eigenvalue weighted by molar-refractivity contribution is -0.347. The first kappa shape index (κ1) is 27.7. The Kier molecular flexibility index (Phi) is 9.89. The van der Waals surface area contributed by atoms with E-state index in [0.717, 1.165) is 6.92 Å². The normalized spacial score (nSPS) is 41.2. The van der Waals surface area contributed by atoms with E-state index >= 15 is 0 Å². The average Bonchev–Trinajstić information content (AvgIpc) is 2.76. The van der Waals surface area contributed by atoms with Gasteiger partial charge in [-0.25, -0.2) is 0 Å². The number of aliphatic hydroxyl groups is 6. The molecule has 2 fully saturated rings. The smallest absolute Gasteiger partial charge is 0.323 e. The van der Waals surface area contributed by atoms with Gasteiger partial charge in [-0.2, -0.15) is 0 Å². The van der Waals surface area contributed by atoms with Gasteiger partial charge in [-0.3, -0.25) is 9.59 Å². The minimum Gasteiger partial charge on any atom is -0.480 e. The van der Waals surface area contributed by atoms with Gasteiger partial charge in [0.05, 0.1) is 19.3 Å². The van der Waals surface area contributed by atoms with Crippen molar-refractivity contribution in [1.29, 1.82) is 0 Å². The Morgan fingerprint density at radius 2 is 1.52 bits per heavy atom. The third kappa shape index (κ3) is 6.34. The molecular weight excluding hydrogens is 452 g/mol. The molecule has 2 aliphatic rings. The van der Waals surface area contributed by atoms with Crippen LogP contribution in [0, 0.1) is 0 Å². The molecule has 4 unspecified atom stereocenters. The highest BCUT2D eigenvalue weighted by molar-refractivity contribution is 5.74. The second kappa shape index (κ2) is 11.8. The van der Waals surface area contributed by atoms with Crippen molar-refractivity contribution in [2.24, 2.45) is 5.73 Å². The zero-order valence-electron chi connectivity index (χ0n) is 18.0. The topological polar surface area (TPSA) is 251 Å². The van der Waals surface area contributed by atoms with E-state index in [-0.39, 0.29) is 0 Å². The number of carboxylic acid groups (broad SMARTS) is 1. The summed E-state index contributed by atoms with van der Waals surface area (Å²) in [7, 11) is 0. The SMILES string of the molecule is CC(=O)NC1[C@@H](O[C@H](C)[C@H](N)C(=O)O)OC(CO)[C@H](O)[C@@H]1O[C@@H]1OC(CO)[C@H](O)C(O)[C@@H]1O. The number of nitrogens with one attached hydrogen (secondary N) is 1. The highest BCUT2D eigenvalue weighted by atomic mass is 16.7. The van der Waals surface area contributed by atoms with Crippen LogP contribution in [0.5, 0.6) is 0 Å². The molecule has 2 aliphatic heterocycles. The summed E-state index contributed by atoms with van der Waals surface area (Å²) in [6, 6.07) is -2.80. The Balaban J connectivity index is 2.32. The molecule has 192 valence electrons. The van der Waals surface area contributed by atoms with Crippen LogP contribution in [0.1, 0.15) is 13.8 Å². The number of aliphatic hydroxyl groups excluding tert-OH is 6. The molecule has 0 aromatic rings. The molecule has 2 saturated heterocycles. The fraction of sp³-hybridized carbons (Fsp3) is 0.889. The van der Waals surface area contributed by atoms with Gasteiger partial charge in [0, 0.05) is 6.92 Å². The molecule has 12 atom stereocenters. The van der Waals surface area contributed by atoms with Crippen molar-refractivity contribution >= 4 is 11.9 Å². The van der Waals surface area contributed by atoms with Gasteiger partial charge in [0.2, 0.25) is 5.91 Å². The number of carbonyl (C=O) groups is 2. The highest BCUT2D eigenvalue weighted by Gasteiger charge is 2.52. The molecule has 0 radical (unpaired) electrons. The lowest BCUT2D eigenvalue weighted by Crippen LogP contribution is -2.68. The second-order valence-corrected chi connectivity index (χ2v) is 7.95. The van der Waals surface area contributed by atoms with E-state index in [4.69, 9.17) is 29.8 Å². The number of rotatable bonds is 9. The zero-order valence-corrected chi connectivity index (χ0v) is 18.0. The second-order valence-electron chi connectivity index (χ2n) is 7.95. The number of ether oxygens (including phenoxy) is 4. The van der Waals surface area contributed by atoms with Crippen LogP contribution >= 0.6 is 0 Å². The van der Waals surface area contributed by atoms with Crippen LogP contribution in [-0.4, -0.2) is 134 Å². The van der Waals surface area contributed by atoms with Gasteiger partial charge in [-0.15, -0.1) is 0 Å². The van der Waals surface area contributed by atoms with Crippen LogP contribution in [0.4, 0.5) is 0 Å². The lowest BCUT2D eigenvalue weighted by Gasteiger charge is -2.47. The maximum Gasteiger partial charge on any atom is 0.323 e. The summed E-state index contributed by atoms with van der Waals surface area (Å²) in [5, 5.41) is 71.4. The van der Waals surface area contributed by atoms with E-state index in [1.165, 1.54) is 6.92 Å². The van der Waals surface area contributed by atoms with Crippen molar-refractivity contribution in [2.75, 3.05) is 13.2 Å². The molecule has 0 aromatic carbocycles. The Labute approximate surface area is 188 Å². The standard InChI is InChI=1S/C18H32N2O13/c1-5(9(19)16(28)29)30-17-10(20-6(2)23)15(12(25)8(4-22)31-17)33-18-14(27)13(26)11(24)7(3-21)32-18/h5,7-15,17-18,21-22,24-27H,3-4,19H2,1-2H3,(H,20,23)(H,28,29)/t5-,7?,8?,9+,10?,11+,12+,13?,14+,15-,17+,18+/m1/s1. The zero-order chi connectivity index (χ0) is 25.0. The van der Waals surface area contributed by atoms with E-state index in [1.807, 2.05) is 0 Å². The van der Waals surface area contributed by atoms with Crippen LogP contribution in [0.3, 0.4) is 0 Å². The van der Waals surface area contributed by atoms with Crippen molar-refractivity contribution in [3.8, 4) is 0 Å². The maximum atomic E-state index is 11.8. The number of hydrogen-bond donors (Lipinski definition) is 9. The predicted molar refractivity (Wildman–Crippen MR) is 104 cm³/mol. The summed E-state index contributed by atoms with van der Waals surface area (Å²) in [4.78, 5) is 23.0. The number of amides is 1. The largest absolute Gasteiger partial charge is 0.480 e. The van der Waals surface area contributed by atoms with Gasteiger partial charge in [-0.1, -0.05) is 0 Å². The first-order chi connectivity index (χ1) is 15.4. The van der Waals surface area contributed by atoms with Crippen LogP contribution in [-0.2, 0) is 28.5 Å². The molecule has 0 aliphatic carbocycles. The molecule has 0 bridgehead atoms. The van der Waals surface area contributed by atoms with Gasteiger partial charge in [0.25, 0.3) is 0 Å². The monoisotopic (exact) mass is 484 g/mol. The Morgan fingerprint density at radius 3 is 2.03 bits per heavy atom.